The zero-order valence-corrected chi connectivity index (χ0v) is 15.5. The van der Waals surface area contributed by atoms with E-state index >= 15 is 0 Å². The molecule has 2 aromatic rings. The van der Waals surface area contributed by atoms with Gasteiger partial charge in [0.2, 0.25) is 5.96 Å². The summed E-state index contributed by atoms with van der Waals surface area (Å²) in [7, 11) is 1.85. The highest BCUT2D eigenvalue weighted by atomic mass is 16.7. The molecule has 0 amide bonds. The number of rotatable bonds is 0. The first kappa shape index (κ1) is 17.1. The van der Waals surface area contributed by atoms with E-state index in [1.54, 1.807) is 5.06 Å². The van der Waals surface area contributed by atoms with E-state index in [2.05, 4.69) is 39.1 Å². The average molecular weight is 339 g/mol. The van der Waals surface area contributed by atoms with Crippen LogP contribution in [-0.4, -0.2) is 23.6 Å². The molecule has 0 atom stereocenters. The fourth-order valence-electron chi connectivity index (χ4n) is 2.54. The lowest BCUT2D eigenvalue weighted by atomic mass is 10.1. The lowest BCUT2D eigenvalue weighted by molar-refractivity contribution is 0.0436. The standard InChI is InChI=1S/C20H25N3O2/c1-14-10-11-18-16(12-14)21-19(22-20(2,3)4)23(5)25-17-9-7-6-8-15(17)13-24-18/h6-12H,13H2,1-5H3,(H,21,22). The zero-order chi connectivity index (χ0) is 18.0. The predicted molar refractivity (Wildman–Crippen MR) is 101 cm³/mol. The van der Waals surface area contributed by atoms with E-state index in [-0.39, 0.29) is 5.54 Å². The van der Waals surface area contributed by atoms with Gasteiger partial charge in [0.15, 0.2) is 5.75 Å². The number of benzene rings is 2. The van der Waals surface area contributed by atoms with E-state index in [1.165, 1.54) is 0 Å². The van der Waals surface area contributed by atoms with E-state index in [9.17, 15) is 0 Å². The largest absolute Gasteiger partial charge is 0.487 e. The summed E-state index contributed by atoms with van der Waals surface area (Å²) < 4.78 is 6.04. The molecule has 0 radical (unpaired) electrons. The molecule has 0 bridgehead atoms. The minimum atomic E-state index is -0.256. The van der Waals surface area contributed by atoms with E-state index in [0.29, 0.717) is 12.6 Å². The number of anilines is 1. The van der Waals surface area contributed by atoms with Crippen LogP contribution in [0.15, 0.2) is 47.5 Å². The number of aryl methyl sites for hydroxylation is 1. The summed E-state index contributed by atoms with van der Waals surface area (Å²) in [5.74, 6) is 2.17. The Morgan fingerprint density at radius 3 is 2.60 bits per heavy atom. The number of para-hydroxylation sites is 1. The van der Waals surface area contributed by atoms with Crippen LogP contribution in [0.25, 0.3) is 0 Å². The molecule has 0 aromatic heterocycles. The molecule has 25 heavy (non-hydrogen) atoms. The van der Waals surface area contributed by atoms with Gasteiger partial charge >= 0.3 is 0 Å². The maximum Gasteiger partial charge on any atom is 0.232 e. The fourth-order valence-corrected chi connectivity index (χ4v) is 2.54. The van der Waals surface area contributed by atoms with E-state index in [4.69, 9.17) is 14.6 Å². The molecule has 1 heterocycles. The van der Waals surface area contributed by atoms with E-state index in [1.807, 2.05) is 43.4 Å². The van der Waals surface area contributed by atoms with Crippen molar-refractivity contribution in [3.05, 3.63) is 53.6 Å². The van der Waals surface area contributed by atoms with Crippen molar-refractivity contribution in [3.63, 3.8) is 0 Å². The van der Waals surface area contributed by atoms with Crippen molar-refractivity contribution in [2.75, 3.05) is 12.4 Å². The Morgan fingerprint density at radius 1 is 1.08 bits per heavy atom. The SMILES string of the molecule is Cc1ccc2c(c1)NC(=NC(C)(C)C)N(C)Oc1ccccc1CO2. The van der Waals surface area contributed by atoms with Crippen LogP contribution >= 0.6 is 0 Å². The molecule has 1 aliphatic heterocycles. The Hall–Kier alpha value is -2.69. The monoisotopic (exact) mass is 339 g/mol. The molecule has 0 saturated carbocycles. The molecule has 1 aliphatic rings. The van der Waals surface area contributed by atoms with Crippen LogP contribution in [0, 0.1) is 6.92 Å². The fraction of sp³-hybridized carbons (Fsp3) is 0.350. The molecule has 0 unspecified atom stereocenters. The third-order valence-corrected chi connectivity index (χ3v) is 3.71. The second kappa shape index (κ2) is 6.67. The van der Waals surface area contributed by atoms with Gasteiger partial charge in [0.1, 0.15) is 12.4 Å². The first-order chi connectivity index (χ1) is 11.8. The maximum absolute atomic E-state index is 6.04. The smallest absolute Gasteiger partial charge is 0.232 e. The van der Waals surface area contributed by atoms with Crippen LogP contribution in [0.1, 0.15) is 31.9 Å². The number of ether oxygens (including phenoxy) is 1. The summed E-state index contributed by atoms with van der Waals surface area (Å²) in [4.78, 5) is 10.8. The highest BCUT2D eigenvalue weighted by Gasteiger charge is 2.20. The van der Waals surface area contributed by atoms with Gasteiger partial charge in [-0.25, -0.2) is 4.99 Å². The molecule has 0 aliphatic carbocycles. The number of fused-ring (bicyclic) bond motifs is 2. The van der Waals surface area contributed by atoms with Gasteiger partial charge in [-0.15, -0.1) is 0 Å². The van der Waals surface area contributed by atoms with Crippen LogP contribution in [0.2, 0.25) is 0 Å². The molecule has 2 aromatic carbocycles. The van der Waals surface area contributed by atoms with Crippen molar-refractivity contribution in [3.8, 4) is 11.5 Å². The lowest BCUT2D eigenvalue weighted by Crippen LogP contribution is -2.38. The van der Waals surface area contributed by atoms with E-state index in [0.717, 1.165) is 28.3 Å². The summed E-state index contributed by atoms with van der Waals surface area (Å²) in [5, 5.41) is 5.04. The summed E-state index contributed by atoms with van der Waals surface area (Å²) in [5.41, 5.74) is 2.75. The second-order valence-corrected chi connectivity index (χ2v) is 7.22. The van der Waals surface area contributed by atoms with Crippen molar-refractivity contribution in [1.82, 2.24) is 5.06 Å². The van der Waals surface area contributed by atoms with Gasteiger partial charge in [-0.1, -0.05) is 24.3 Å². The van der Waals surface area contributed by atoms with Crippen LogP contribution in [0.5, 0.6) is 11.5 Å². The number of nitrogens with one attached hydrogen (secondary N) is 1. The maximum atomic E-state index is 6.04. The molecule has 5 heteroatoms. The van der Waals surface area contributed by atoms with E-state index < -0.39 is 0 Å². The minimum absolute atomic E-state index is 0.256. The highest BCUT2D eigenvalue weighted by molar-refractivity contribution is 5.94. The highest BCUT2D eigenvalue weighted by Crippen LogP contribution is 2.30. The van der Waals surface area contributed by atoms with Gasteiger partial charge in [0, 0.05) is 12.6 Å². The molecule has 132 valence electrons. The summed E-state index contributed by atoms with van der Waals surface area (Å²) >= 11 is 0. The van der Waals surface area contributed by atoms with Gasteiger partial charge < -0.3 is 14.9 Å². The van der Waals surface area contributed by atoms with Crippen molar-refractivity contribution < 1.29 is 9.57 Å². The molecule has 5 nitrogen and oxygen atoms in total. The van der Waals surface area contributed by atoms with Crippen LogP contribution in [-0.2, 0) is 6.61 Å². The van der Waals surface area contributed by atoms with Gasteiger partial charge in [-0.05, 0) is 51.5 Å². The third-order valence-electron chi connectivity index (χ3n) is 3.71. The number of guanidine groups is 1. The normalized spacial score (nSPS) is 16.2. The Kier molecular flexibility index (Phi) is 4.57. The summed E-state index contributed by atoms with van der Waals surface area (Å²) in [6.07, 6.45) is 0. The van der Waals surface area contributed by atoms with Crippen LogP contribution in [0.4, 0.5) is 5.69 Å². The lowest BCUT2D eigenvalue weighted by Gasteiger charge is -2.28. The summed E-state index contributed by atoms with van der Waals surface area (Å²) in [6.45, 7) is 8.65. The Bertz CT molecular complexity index is 794. The van der Waals surface area contributed by atoms with Crippen LogP contribution < -0.4 is 14.9 Å². The quantitative estimate of drug-likeness (QED) is 0.774. The van der Waals surface area contributed by atoms with Gasteiger partial charge in [-0.3, -0.25) is 0 Å². The van der Waals surface area contributed by atoms with Gasteiger partial charge in [-0.2, -0.15) is 5.06 Å². The van der Waals surface area contributed by atoms with Crippen molar-refractivity contribution in [2.45, 2.75) is 39.8 Å². The molecule has 3 rings (SSSR count). The van der Waals surface area contributed by atoms with Crippen molar-refractivity contribution in [1.29, 1.82) is 0 Å². The zero-order valence-electron chi connectivity index (χ0n) is 15.5. The molecule has 0 spiro atoms. The molecule has 0 fully saturated rings. The second-order valence-electron chi connectivity index (χ2n) is 7.22. The predicted octanol–water partition coefficient (Wildman–Crippen LogP) is 4.38. The van der Waals surface area contributed by atoms with Crippen molar-refractivity contribution >= 4 is 11.6 Å². The van der Waals surface area contributed by atoms with Crippen LogP contribution in [0.3, 0.4) is 0 Å². The minimum Gasteiger partial charge on any atom is -0.487 e. The number of hydroxylamine groups is 2. The Balaban J connectivity index is 2.09. The van der Waals surface area contributed by atoms with Gasteiger partial charge in [0.05, 0.1) is 11.2 Å². The molecular formula is C20H25N3O2. The first-order valence-corrected chi connectivity index (χ1v) is 8.42. The Morgan fingerprint density at radius 2 is 1.84 bits per heavy atom. The average Bonchev–Trinajstić information content (AvgIpc) is 2.53. The number of hydrogen-bond donors (Lipinski definition) is 1. The van der Waals surface area contributed by atoms with Crippen molar-refractivity contribution in [2.24, 2.45) is 4.99 Å². The van der Waals surface area contributed by atoms with Gasteiger partial charge in [0.25, 0.3) is 0 Å². The number of aliphatic imine (C=N–C) groups is 1. The molecule has 1 N–H and O–H groups in total. The molecular weight excluding hydrogens is 314 g/mol. The number of nitrogens with zero attached hydrogens (tertiary/aromatic N) is 2. The summed E-state index contributed by atoms with van der Waals surface area (Å²) in [6, 6.07) is 13.9. The Labute approximate surface area is 149 Å². The topological polar surface area (TPSA) is 46.1 Å². The molecule has 0 saturated heterocycles. The third kappa shape index (κ3) is 4.24. The number of hydrogen-bond acceptors (Lipinski definition) is 3. The first-order valence-electron chi connectivity index (χ1n) is 8.42.